The summed E-state index contributed by atoms with van der Waals surface area (Å²) < 4.78 is 23.6. The minimum absolute atomic E-state index is 0.173. The van der Waals surface area contributed by atoms with Crippen molar-refractivity contribution in [1.82, 2.24) is 15.1 Å². The van der Waals surface area contributed by atoms with E-state index in [2.05, 4.69) is 21.2 Å². The highest BCUT2D eigenvalue weighted by atomic mass is 35.5. The number of H-pyrrole nitrogens is 1. The molecule has 1 aliphatic heterocycles. The minimum atomic E-state index is -3.24. The van der Waals surface area contributed by atoms with Crippen molar-refractivity contribution in [3.05, 3.63) is 46.7 Å². The highest BCUT2D eigenvalue weighted by Gasteiger charge is 2.29. The Kier molecular flexibility index (Phi) is 4.25. The lowest BCUT2D eigenvalue weighted by molar-refractivity contribution is 0.326. The molecule has 0 aliphatic carbocycles. The number of nitrogens with zero attached hydrogens (tertiary/aromatic N) is 2. The third-order valence-corrected chi connectivity index (χ3v) is 5.37. The Balaban J connectivity index is 1.72. The molecule has 7 heteroatoms. The summed E-state index contributed by atoms with van der Waals surface area (Å²) in [6, 6.07) is 7.83. The zero-order valence-electron chi connectivity index (χ0n) is 12.3. The summed E-state index contributed by atoms with van der Waals surface area (Å²) in [5.41, 5.74) is 1.90. The Labute approximate surface area is 135 Å². The van der Waals surface area contributed by atoms with E-state index in [4.69, 9.17) is 11.6 Å². The van der Waals surface area contributed by atoms with E-state index in [1.165, 1.54) is 18.0 Å². The summed E-state index contributed by atoms with van der Waals surface area (Å²) in [6.45, 7) is 2.57. The van der Waals surface area contributed by atoms with Gasteiger partial charge in [-0.2, -0.15) is 5.10 Å². The van der Waals surface area contributed by atoms with E-state index < -0.39 is 9.84 Å². The van der Waals surface area contributed by atoms with Crippen molar-refractivity contribution >= 4 is 21.4 Å². The molecule has 3 rings (SSSR count). The van der Waals surface area contributed by atoms with Gasteiger partial charge >= 0.3 is 0 Å². The van der Waals surface area contributed by atoms with Crippen LogP contribution in [-0.2, 0) is 16.4 Å². The van der Waals surface area contributed by atoms with Gasteiger partial charge in [0.2, 0.25) is 0 Å². The molecule has 1 saturated heterocycles. The van der Waals surface area contributed by atoms with Crippen LogP contribution in [-0.4, -0.2) is 42.9 Å². The van der Waals surface area contributed by atoms with Crippen LogP contribution in [0, 0.1) is 0 Å². The first-order valence-corrected chi connectivity index (χ1v) is 9.40. The first-order valence-electron chi connectivity index (χ1n) is 7.13. The Bertz CT molecular complexity index is 773. The number of sulfone groups is 1. The maximum absolute atomic E-state index is 11.8. The smallest absolute Gasteiger partial charge is 0.178 e. The standard InChI is InChI=1S/C15H18ClN3O2S/c1-22(20,21)14-8-17-18-15(14)12-5-6-19(10-12)9-11-3-2-4-13(16)7-11/h2-4,7-8,12H,5-6,9-10H2,1H3,(H,17,18)/t12-/m0/s1. The molecule has 118 valence electrons. The van der Waals surface area contributed by atoms with Gasteiger partial charge in [0, 0.05) is 30.3 Å². The van der Waals surface area contributed by atoms with Crippen LogP contribution in [0.2, 0.25) is 5.02 Å². The zero-order valence-corrected chi connectivity index (χ0v) is 13.9. The minimum Gasteiger partial charge on any atom is -0.298 e. The molecule has 0 unspecified atom stereocenters. The maximum Gasteiger partial charge on any atom is 0.178 e. The lowest BCUT2D eigenvalue weighted by Gasteiger charge is -2.16. The van der Waals surface area contributed by atoms with E-state index in [9.17, 15) is 8.42 Å². The van der Waals surface area contributed by atoms with Crippen LogP contribution in [0.15, 0.2) is 35.4 Å². The van der Waals surface area contributed by atoms with Crippen LogP contribution in [0.25, 0.3) is 0 Å². The predicted molar refractivity (Wildman–Crippen MR) is 85.8 cm³/mol. The quantitative estimate of drug-likeness (QED) is 0.929. The highest BCUT2D eigenvalue weighted by Crippen LogP contribution is 2.31. The molecule has 5 nitrogen and oxygen atoms in total. The molecule has 0 amide bonds. The third kappa shape index (κ3) is 3.34. The Morgan fingerprint density at radius 3 is 3.00 bits per heavy atom. The number of hydrogen-bond donors (Lipinski definition) is 1. The predicted octanol–water partition coefficient (Wildman–Crippen LogP) is 2.46. The zero-order chi connectivity index (χ0) is 15.7. The summed E-state index contributed by atoms with van der Waals surface area (Å²) in [5.74, 6) is 0.173. The average Bonchev–Trinajstić information content (AvgIpc) is 3.05. The van der Waals surface area contributed by atoms with Crippen molar-refractivity contribution in [2.75, 3.05) is 19.3 Å². The van der Waals surface area contributed by atoms with Gasteiger partial charge in [0.1, 0.15) is 4.90 Å². The third-order valence-electron chi connectivity index (χ3n) is 4.01. The van der Waals surface area contributed by atoms with E-state index >= 15 is 0 Å². The Hall–Kier alpha value is -1.37. The molecule has 22 heavy (non-hydrogen) atoms. The van der Waals surface area contributed by atoms with Crippen molar-refractivity contribution in [2.24, 2.45) is 0 Å². The lowest BCUT2D eigenvalue weighted by Crippen LogP contribution is -2.20. The second kappa shape index (κ2) is 6.02. The molecule has 1 aromatic heterocycles. The molecule has 0 spiro atoms. The number of aromatic amines is 1. The normalized spacial score (nSPS) is 19.6. The molecular weight excluding hydrogens is 322 g/mol. The van der Waals surface area contributed by atoms with Crippen molar-refractivity contribution in [3.63, 3.8) is 0 Å². The number of benzene rings is 1. The molecule has 0 radical (unpaired) electrons. The van der Waals surface area contributed by atoms with Gasteiger partial charge < -0.3 is 0 Å². The Morgan fingerprint density at radius 1 is 1.45 bits per heavy atom. The van der Waals surface area contributed by atoms with Gasteiger partial charge in [-0.1, -0.05) is 23.7 Å². The average molecular weight is 340 g/mol. The summed E-state index contributed by atoms with van der Waals surface area (Å²) >= 11 is 6.01. The van der Waals surface area contributed by atoms with Crippen LogP contribution in [0.1, 0.15) is 23.6 Å². The SMILES string of the molecule is CS(=O)(=O)c1cn[nH]c1[C@H]1CCN(Cc2cccc(Cl)c2)C1. The van der Waals surface area contributed by atoms with Gasteiger partial charge in [-0.15, -0.1) is 0 Å². The molecule has 2 heterocycles. The van der Waals surface area contributed by atoms with E-state index in [0.29, 0.717) is 4.90 Å². The summed E-state index contributed by atoms with van der Waals surface area (Å²) in [7, 11) is -3.24. The number of likely N-dealkylation sites (tertiary alicyclic amines) is 1. The van der Waals surface area contributed by atoms with Crippen molar-refractivity contribution in [1.29, 1.82) is 0 Å². The van der Waals surface area contributed by atoms with Gasteiger partial charge in [-0.25, -0.2) is 8.42 Å². The van der Waals surface area contributed by atoms with Crippen LogP contribution >= 0.6 is 11.6 Å². The maximum atomic E-state index is 11.8. The summed E-state index contributed by atoms with van der Waals surface area (Å²) in [5, 5.41) is 7.52. The van der Waals surface area contributed by atoms with Crippen molar-refractivity contribution in [2.45, 2.75) is 23.8 Å². The first kappa shape index (κ1) is 15.5. The van der Waals surface area contributed by atoms with E-state index in [1.807, 2.05) is 18.2 Å². The van der Waals surface area contributed by atoms with Crippen molar-refractivity contribution in [3.8, 4) is 0 Å². The second-order valence-corrected chi connectivity index (χ2v) is 8.19. The molecule has 0 saturated carbocycles. The Morgan fingerprint density at radius 2 is 2.27 bits per heavy atom. The van der Waals surface area contributed by atoms with Gasteiger partial charge in [0.15, 0.2) is 9.84 Å². The number of aromatic nitrogens is 2. The molecule has 1 aromatic carbocycles. The highest BCUT2D eigenvalue weighted by molar-refractivity contribution is 7.90. The molecule has 1 aliphatic rings. The fourth-order valence-corrected chi connectivity index (χ4v) is 4.05. The van der Waals surface area contributed by atoms with Gasteiger partial charge in [0.05, 0.1) is 11.9 Å². The van der Waals surface area contributed by atoms with Gasteiger partial charge in [-0.3, -0.25) is 10.00 Å². The second-order valence-electron chi connectivity index (χ2n) is 5.77. The summed E-state index contributed by atoms with van der Waals surface area (Å²) in [4.78, 5) is 2.63. The van der Waals surface area contributed by atoms with Crippen LogP contribution in [0.3, 0.4) is 0 Å². The van der Waals surface area contributed by atoms with Crippen molar-refractivity contribution < 1.29 is 8.42 Å². The van der Waals surface area contributed by atoms with Gasteiger partial charge in [-0.05, 0) is 30.7 Å². The van der Waals surface area contributed by atoms with E-state index in [0.717, 1.165) is 36.8 Å². The van der Waals surface area contributed by atoms with Crippen LogP contribution in [0.4, 0.5) is 0 Å². The monoisotopic (exact) mass is 339 g/mol. The largest absolute Gasteiger partial charge is 0.298 e. The summed E-state index contributed by atoms with van der Waals surface area (Å²) in [6.07, 6.45) is 3.55. The topological polar surface area (TPSA) is 66.1 Å². The first-order chi connectivity index (χ1) is 10.4. The van der Waals surface area contributed by atoms with E-state index in [1.54, 1.807) is 0 Å². The fraction of sp³-hybridized carbons (Fsp3) is 0.400. The molecule has 1 atom stereocenters. The van der Waals surface area contributed by atoms with Gasteiger partial charge in [0.25, 0.3) is 0 Å². The number of rotatable bonds is 4. The molecule has 0 bridgehead atoms. The number of halogens is 1. The van der Waals surface area contributed by atoms with E-state index in [-0.39, 0.29) is 5.92 Å². The number of nitrogens with one attached hydrogen (secondary N) is 1. The van der Waals surface area contributed by atoms with Crippen LogP contribution in [0.5, 0.6) is 0 Å². The lowest BCUT2D eigenvalue weighted by atomic mass is 10.1. The molecule has 1 fully saturated rings. The molecule has 2 aromatic rings. The number of hydrogen-bond acceptors (Lipinski definition) is 4. The molecular formula is C15H18ClN3O2S. The fourth-order valence-electron chi connectivity index (χ4n) is 2.98. The molecule has 1 N–H and O–H groups in total. The van der Waals surface area contributed by atoms with Crippen LogP contribution < -0.4 is 0 Å².